The van der Waals surface area contributed by atoms with Crippen molar-refractivity contribution in [2.75, 3.05) is 18.6 Å². The molecule has 0 N–H and O–H groups in total. The fourth-order valence-corrected chi connectivity index (χ4v) is 2.12. The number of halogens is 1. The van der Waals surface area contributed by atoms with Crippen LogP contribution >= 0.6 is 11.6 Å². The van der Waals surface area contributed by atoms with E-state index < -0.39 is 5.38 Å². The van der Waals surface area contributed by atoms with Crippen molar-refractivity contribution in [3.63, 3.8) is 0 Å². The van der Waals surface area contributed by atoms with Gasteiger partial charge < -0.3 is 9.64 Å². The van der Waals surface area contributed by atoms with E-state index >= 15 is 0 Å². The first-order chi connectivity index (χ1) is 9.01. The van der Waals surface area contributed by atoms with Crippen LogP contribution < -0.4 is 4.90 Å². The van der Waals surface area contributed by atoms with Crippen molar-refractivity contribution >= 4 is 23.2 Å². The van der Waals surface area contributed by atoms with Crippen LogP contribution in [-0.4, -0.2) is 31.0 Å². The molecule has 4 heteroatoms. The van der Waals surface area contributed by atoms with Gasteiger partial charge in [-0.05, 0) is 38.0 Å². The molecule has 0 aliphatic rings. The standard InChI is InChI=1S/C15H22ClNO2/c1-5-14(16)15(18)17(12(3)10-19-4)13-8-6-7-11(2)9-13/h6-9,12,14H,5,10H2,1-4H3. The number of nitrogens with zero attached hydrogens (tertiary/aromatic N) is 1. The average Bonchev–Trinajstić information content (AvgIpc) is 2.38. The summed E-state index contributed by atoms with van der Waals surface area (Å²) < 4.78 is 5.16. The predicted molar refractivity (Wildman–Crippen MR) is 79.9 cm³/mol. The Morgan fingerprint density at radius 3 is 2.68 bits per heavy atom. The Bertz CT molecular complexity index is 422. The van der Waals surface area contributed by atoms with Crippen molar-refractivity contribution in [1.82, 2.24) is 0 Å². The van der Waals surface area contributed by atoms with Crippen LogP contribution in [0.15, 0.2) is 24.3 Å². The molecular weight excluding hydrogens is 262 g/mol. The van der Waals surface area contributed by atoms with Gasteiger partial charge in [-0.2, -0.15) is 0 Å². The Labute approximate surface area is 120 Å². The van der Waals surface area contributed by atoms with Gasteiger partial charge in [0.15, 0.2) is 0 Å². The minimum atomic E-state index is -0.500. The molecule has 0 heterocycles. The minimum Gasteiger partial charge on any atom is -0.383 e. The lowest BCUT2D eigenvalue weighted by Gasteiger charge is -2.30. The molecule has 0 saturated heterocycles. The number of benzene rings is 1. The number of anilines is 1. The highest BCUT2D eigenvalue weighted by Gasteiger charge is 2.26. The lowest BCUT2D eigenvalue weighted by Crippen LogP contribution is -2.45. The number of methoxy groups -OCH3 is 1. The summed E-state index contributed by atoms with van der Waals surface area (Å²) in [7, 11) is 1.63. The Balaban J connectivity index is 3.08. The summed E-state index contributed by atoms with van der Waals surface area (Å²) in [6, 6.07) is 7.82. The van der Waals surface area contributed by atoms with E-state index in [4.69, 9.17) is 16.3 Å². The van der Waals surface area contributed by atoms with E-state index in [2.05, 4.69) is 0 Å². The first-order valence-corrected chi connectivity index (χ1v) is 6.97. The molecule has 1 amide bonds. The smallest absolute Gasteiger partial charge is 0.245 e. The maximum atomic E-state index is 12.4. The molecule has 2 unspecified atom stereocenters. The fraction of sp³-hybridized carbons (Fsp3) is 0.533. The van der Waals surface area contributed by atoms with Gasteiger partial charge in [0.1, 0.15) is 5.38 Å². The van der Waals surface area contributed by atoms with Gasteiger partial charge in [0.2, 0.25) is 5.91 Å². The van der Waals surface area contributed by atoms with Crippen LogP contribution in [0, 0.1) is 6.92 Å². The number of aryl methyl sites for hydroxylation is 1. The second-order valence-corrected chi connectivity index (χ2v) is 5.25. The first kappa shape index (κ1) is 16.0. The number of carbonyl (C=O) groups excluding carboxylic acids is 1. The van der Waals surface area contributed by atoms with Gasteiger partial charge in [-0.25, -0.2) is 0 Å². The number of amides is 1. The zero-order valence-electron chi connectivity index (χ0n) is 12.0. The third kappa shape index (κ3) is 4.22. The normalized spacial score (nSPS) is 13.9. The third-order valence-corrected chi connectivity index (χ3v) is 3.49. The van der Waals surface area contributed by atoms with Crippen LogP contribution in [-0.2, 0) is 9.53 Å². The monoisotopic (exact) mass is 283 g/mol. The highest BCUT2D eigenvalue weighted by Crippen LogP contribution is 2.22. The number of carbonyl (C=O) groups is 1. The number of rotatable bonds is 6. The molecule has 0 radical (unpaired) electrons. The van der Waals surface area contributed by atoms with E-state index in [0.717, 1.165) is 11.3 Å². The minimum absolute atomic E-state index is 0.0490. The largest absolute Gasteiger partial charge is 0.383 e. The average molecular weight is 284 g/mol. The zero-order chi connectivity index (χ0) is 14.4. The predicted octanol–water partition coefficient (Wildman–Crippen LogP) is 3.38. The van der Waals surface area contributed by atoms with E-state index in [1.807, 2.05) is 45.0 Å². The topological polar surface area (TPSA) is 29.5 Å². The highest BCUT2D eigenvalue weighted by molar-refractivity contribution is 6.32. The summed E-state index contributed by atoms with van der Waals surface area (Å²) in [4.78, 5) is 14.2. The van der Waals surface area contributed by atoms with Gasteiger partial charge in [-0.15, -0.1) is 11.6 Å². The zero-order valence-corrected chi connectivity index (χ0v) is 12.8. The molecule has 0 aliphatic heterocycles. The molecule has 19 heavy (non-hydrogen) atoms. The van der Waals surface area contributed by atoms with E-state index in [0.29, 0.717) is 13.0 Å². The van der Waals surface area contributed by atoms with Gasteiger partial charge in [0.25, 0.3) is 0 Å². The van der Waals surface area contributed by atoms with Crippen LogP contribution in [0.2, 0.25) is 0 Å². The summed E-state index contributed by atoms with van der Waals surface area (Å²) in [6.45, 7) is 6.35. The Morgan fingerprint density at radius 2 is 2.16 bits per heavy atom. The van der Waals surface area contributed by atoms with Crippen molar-refractivity contribution in [1.29, 1.82) is 0 Å². The third-order valence-electron chi connectivity index (χ3n) is 2.99. The van der Waals surface area contributed by atoms with E-state index in [1.54, 1.807) is 12.0 Å². The van der Waals surface area contributed by atoms with Crippen LogP contribution in [0.5, 0.6) is 0 Å². The summed E-state index contributed by atoms with van der Waals surface area (Å²) in [6.07, 6.45) is 0.613. The Hall–Kier alpha value is -1.06. The number of ether oxygens (including phenoxy) is 1. The molecule has 0 bridgehead atoms. The fourth-order valence-electron chi connectivity index (χ4n) is 2.02. The molecule has 0 spiro atoms. The second kappa shape index (κ2) is 7.51. The maximum absolute atomic E-state index is 12.4. The SMILES string of the molecule is CCC(Cl)C(=O)N(c1cccc(C)c1)C(C)COC. The molecule has 0 fully saturated rings. The molecule has 2 atom stereocenters. The van der Waals surface area contributed by atoms with Gasteiger partial charge in [0, 0.05) is 12.8 Å². The van der Waals surface area contributed by atoms with Gasteiger partial charge in [-0.3, -0.25) is 4.79 Å². The summed E-state index contributed by atoms with van der Waals surface area (Å²) in [5.74, 6) is -0.0701. The molecule has 106 valence electrons. The highest BCUT2D eigenvalue weighted by atomic mass is 35.5. The number of hydrogen-bond acceptors (Lipinski definition) is 2. The lowest BCUT2D eigenvalue weighted by molar-refractivity contribution is -0.119. The molecule has 1 aromatic carbocycles. The number of alkyl halides is 1. The van der Waals surface area contributed by atoms with Crippen LogP contribution in [0.25, 0.3) is 0 Å². The Kier molecular flexibility index (Phi) is 6.32. The van der Waals surface area contributed by atoms with Crippen LogP contribution in [0.1, 0.15) is 25.8 Å². The molecule has 0 aliphatic carbocycles. The van der Waals surface area contributed by atoms with Crippen LogP contribution in [0.4, 0.5) is 5.69 Å². The van der Waals surface area contributed by atoms with E-state index in [1.165, 1.54) is 0 Å². The van der Waals surface area contributed by atoms with Crippen molar-refractivity contribution < 1.29 is 9.53 Å². The molecule has 3 nitrogen and oxygen atoms in total. The van der Waals surface area contributed by atoms with E-state index in [9.17, 15) is 4.79 Å². The van der Waals surface area contributed by atoms with Crippen molar-refractivity contribution in [2.45, 2.75) is 38.6 Å². The van der Waals surface area contributed by atoms with Gasteiger partial charge >= 0.3 is 0 Å². The summed E-state index contributed by atoms with van der Waals surface area (Å²) in [5.41, 5.74) is 1.98. The first-order valence-electron chi connectivity index (χ1n) is 6.54. The van der Waals surface area contributed by atoms with Crippen molar-refractivity contribution in [2.24, 2.45) is 0 Å². The van der Waals surface area contributed by atoms with Crippen LogP contribution in [0.3, 0.4) is 0 Å². The molecule has 0 aromatic heterocycles. The van der Waals surface area contributed by atoms with Crippen molar-refractivity contribution in [3.8, 4) is 0 Å². The lowest BCUT2D eigenvalue weighted by atomic mass is 10.1. The Morgan fingerprint density at radius 1 is 1.47 bits per heavy atom. The van der Waals surface area contributed by atoms with E-state index in [-0.39, 0.29) is 11.9 Å². The molecule has 0 saturated carbocycles. The molecule has 1 aromatic rings. The van der Waals surface area contributed by atoms with Gasteiger partial charge in [0.05, 0.1) is 12.6 Å². The summed E-state index contributed by atoms with van der Waals surface area (Å²) in [5, 5.41) is -0.500. The second-order valence-electron chi connectivity index (χ2n) is 4.73. The molecule has 1 rings (SSSR count). The molecular formula is C15H22ClNO2. The quantitative estimate of drug-likeness (QED) is 0.749. The van der Waals surface area contributed by atoms with Crippen molar-refractivity contribution in [3.05, 3.63) is 29.8 Å². The van der Waals surface area contributed by atoms with Gasteiger partial charge in [-0.1, -0.05) is 19.1 Å². The maximum Gasteiger partial charge on any atom is 0.245 e. The number of hydrogen-bond donors (Lipinski definition) is 0. The summed E-state index contributed by atoms with van der Waals surface area (Å²) >= 11 is 6.11.